The Kier molecular flexibility index (Phi) is 3.35. The maximum absolute atomic E-state index is 13.2. The fourth-order valence-electron chi connectivity index (χ4n) is 2.50. The smallest absolute Gasteiger partial charge is 0.241 e. The molecular formula is C14H14FNO3S. The summed E-state index contributed by atoms with van der Waals surface area (Å²) >= 11 is 0. The van der Waals surface area contributed by atoms with Crippen molar-refractivity contribution in [1.82, 2.24) is 4.72 Å². The van der Waals surface area contributed by atoms with Gasteiger partial charge in [-0.1, -0.05) is 6.07 Å². The van der Waals surface area contributed by atoms with Crippen LogP contribution in [-0.4, -0.2) is 8.42 Å². The van der Waals surface area contributed by atoms with Crippen LogP contribution in [0.2, 0.25) is 0 Å². The Morgan fingerprint density at radius 2 is 2.15 bits per heavy atom. The third kappa shape index (κ3) is 2.48. The van der Waals surface area contributed by atoms with Crippen molar-refractivity contribution in [2.24, 2.45) is 0 Å². The molecule has 0 aliphatic heterocycles. The van der Waals surface area contributed by atoms with Crippen LogP contribution < -0.4 is 4.72 Å². The molecule has 0 fully saturated rings. The zero-order valence-corrected chi connectivity index (χ0v) is 11.5. The van der Waals surface area contributed by atoms with Gasteiger partial charge < -0.3 is 4.42 Å². The molecule has 0 amide bonds. The Labute approximate surface area is 116 Å². The molecule has 0 spiro atoms. The lowest BCUT2D eigenvalue weighted by molar-refractivity contribution is 0.438. The highest BCUT2D eigenvalue weighted by molar-refractivity contribution is 7.89. The molecule has 106 valence electrons. The first kappa shape index (κ1) is 13.3. The SMILES string of the molecule is O=S(=O)(NC1CCCc2occc21)c1cccc(F)c1. The predicted octanol–water partition coefficient (Wildman–Crippen LogP) is 2.77. The standard InChI is InChI=1S/C14H14FNO3S/c15-10-3-1-4-11(9-10)20(17,18)16-13-5-2-6-14-12(13)7-8-19-14/h1,3-4,7-9,13,16H,2,5-6H2. The molecule has 1 N–H and O–H groups in total. The number of halogens is 1. The molecule has 1 atom stereocenters. The first-order valence-electron chi connectivity index (χ1n) is 6.40. The molecule has 0 bridgehead atoms. The lowest BCUT2D eigenvalue weighted by Crippen LogP contribution is -2.30. The molecule has 20 heavy (non-hydrogen) atoms. The van der Waals surface area contributed by atoms with E-state index in [-0.39, 0.29) is 10.9 Å². The highest BCUT2D eigenvalue weighted by Gasteiger charge is 2.27. The van der Waals surface area contributed by atoms with Crippen LogP contribution in [0.25, 0.3) is 0 Å². The molecule has 1 heterocycles. The summed E-state index contributed by atoms with van der Waals surface area (Å²) in [5, 5.41) is 0. The minimum atomic E-state index is -3.73. The Morgan fingerprint density at radius 1 is 1.30 bits per heavy atom. The van der Waals surface area contributed by atoms with E-state index < -0.39 is 15.8 Å². The van der Waals surface area contributed by atoms with Crippen LogP contribution in [-0.2, 0) is 16.4 Å². The minimum absolute atomic E-state index is 0.0619. The van der Waals surface area contributed by atoms with Crippen LogP contribution in [0.3, 0.4) is 0 Å². The fraction of sp³-hybridized carbons (Fsp3) is 0.286. The van der Waals surface area contributed by atoms with E-state index in [2.05, 4.69) is 4.72 Å². The summed E-state index contributed by atoms with van der Waals surface area (Å²) in [6.45, 7) is 0. The quantitative estimate of drug-likeness (QED) is 0.947. The van der Waals surface area contributed by atoms with Crippen LogP contribution in [0.15, 0.2) is 45.9 Å². The molecule has 2 aromatic rings. The van der Waals surface area contributed by atoms with E-state index in [4.69, 9.17) is 4.42 Å². The van der Waals surface area contributed by atoms with Gasteiger partial charge in [-0.15, -0.1) is 0 Å². The van der Waals surface area contributed by atoms with Gasteiger partial charge in [-0.25, -0.2) is 17.5 Å². The zero-order valence-electron chi connectivity index (χ0n) is 10.7. The van der Waals surface area contributed by atoms with Crippen LogP contribution in [0.5, 0.6) is 0 Å². The van der Waals surface area contributed by atoms with Gasteiger partial charge in [0.2, 0.25) is 10.0 Å². The first-order chi connectivity index (χ1) is 9.56. The van der Waals surface area contributed by atoms with E-state index in [9.17, 15) is 12.8 Å². The van der Waals surface area contributed by atoms with Crippen LogP contribution in [0.4, 0.5) is 4.39 Å². The van der Waals surface area contributed by atoms with Gasteiger partial charge in [-0.05, 0) is 37.1 Å². The van der Waals surface area contributed by atoms with Gasteiger partial charge in [0.05, 0.1) is 17.2 Å². The highest BCUT2D eigenvalue weighted by Crippen LogP contribution is 2.31. The number of aryl methyl sites for hydroxylation is 1. The topological polar surface area (TPSA) is 59.3 Å². The van der Waals surface area contributed by atoms with E-state index in [1.54, 1.807) is 12.3 Å². The number of fused-ring (bicyclic) bond motifs is 1. The van der Waals surface area contributed by atoms with Gasteiger partial charge in [0.25, 0.3) is 0 Å². The maximum Gasteiger partial charge on any atom is 0.241 e. The van der Waals surface area contributed by atoms with Crippen molar-refractivity contribution in [3.05, 3.63) is 53.7 Å². The van der Waals surface area contributed by atoms with E-state index in [1.165, 1.54) is 18.2 Å². The molecule has 4 nitrogen and oxygen atoms in total. The van der Waals surface area contributed by atoms with E-state index in [0.717, 1.165) is 30.2 Å². The van der Waals surface area contributed by atoms with Crippen molar-refractivity contribution in [2.45, 2.75) is 30.2 Å². The molecule has 0 radical (unpaired) electrons. The molecule has 1 aliphatic carbocycles. The lowest BCUT2D eigenvalue weighted by atomic mass is 9.94. The molecule has 1 aliphatic rings. The fourth-order valence-corrected chi connectivity index (χ4v) is 3.78. The second kappa shape index (κ2) is 5.03. The largest absolute Gasteiger partial charge is 0.469 e. The third-order valence-electron chi connectivity index (χ3n) is 3.46. The Bertz CT molecular complexity index is 724. The van der Waals surface area contributed by atoms with Gasteiger partial charge in [-0.3, -0.25) is 0 Å². The second-order valence-electron chi connectivity index (χ2n) is 4.82. The number of benzene rings is 1. The van der Waals surface area contributed by atoms with Crippen molar-refractivity contribution in [1.29, 1.82) is 0 Å². The third-order valence-corrected chi connectivity index (χ3v) is 4.93. The second-order valence-corrected chi connectivity index (χ2v) is 6.54. The Morgan fingerprint density at radius 3 is 2.95 bits per heavy atom. The molecule has 0 saturated carbocycles. The van der Waals surface area contributed by atoms with Crippen molar-refractivity contribution in [3.8, 4) is 0 Å². The average molecular weight is 295 g/mol. The van der Waals surface area contributed by atoms with Crippen molar-refractivity contribution >= 4 is 10.0 Å². The van der Waals surface area contributed by atoms with Crippen molar-refractivity contribution < 1.29 is 17.2 Å². The lowest BCUT2D eigenvalue weighted by Gasteiger charge is -2.22. The molecule has 3 rings (SSSR count). The number of sulfonamides is 1. The minimum Gasteiger partial charge on any atom is -0.469 e. The molecule has 6 heteroatoms. The number of hydrogen-bond acceptors (Lipinski definition) is 3. The predicted molar refractivity (Wildman–Crippen MR) is 71.1 cm³/mol. The molecule has 0 saturated heterocycles. The van der Waals surface area contributed by atoms with E-state index in [0.29, 0.717) is 6.42 Å². The van der Waals surface area contributed by atoms with Gasteiger partial charge in [-0.2, -0.15) is 0 Å². The summed E-state index contributed by atoms with van der Waals surface area (Å²) in [5.74, 6) is 0.253. The molecular weight excluding hydrogens is 281 g/mol. The van der Waals surface area contributed by atoms with Gasteiger partial charge in [0.1, 0.15) is 11.6 Å². The number of nitrogens with one attached hydrogen (secondary N) is 1. The summed E-state index contributed by atoms with van der Waals surface area (Å²) in [6.07, 6.45) is 3.96. The van der Waals surface area contributed by atoms with Gasteiger partial charge in [0, 0.05) is 12.0 Å². The number of rotatable bonds is 3. The summed E-state index contributed by atoms with van der Waals surface area (Å²) < 4.78 is 45.7. The van der Waals surface area contributed by atoms with Crippen LogP contribution in [0.1, 0.15) is 30.2 Å². The van der Waals surface area contributed by atoms with Crippen molar-refractivity contribution in [3.63, 3.8) is 0 Å². The summed E-state index contributed by atoms with van der Waals surface area (Å²) in [6, 6.07) is 6.46. The summed E-state index contributed by atoms with van der Waals surface area (Å²) in [7, 11) is -3.73. The first-order valence-corrected chi connectivity index (χ1v) is 7.89. The summed E-state index contributed by atoms with van der Waals surface area (Å²) in [5.41, 5.74) is 0.872. The average Bonchev–Trinajstić information content (AvgIpc) is 2.88. The number of furan rings is 1. The number of hydrogen-bond donors (Lipinski definition) is 1. The Balaban J connectivity index is 1.89. The molecule has 1 unspecified atom stereocenters. The molecule has 1 aromatic heterocycles. The Hall–Kier alpha value is -1.66. The maximum atomic E-state index is 13.2. The van der Waals surface area contributed by atoms with Gasteiger partial charge >= 0.3 is 0 Å². The van der Waals surface area contributed by atoms with E-state index >= 15 is 0 Å². The van der Waals surface area contributed by atoms with Crippen LogP contribution >= 0.6 is 0 Å². The van der Waals surface area contributed by atoms with Gasteiger partial charge in [0.15, 0.2) is 0 Å². The van der Waals surface area contributed by atoms with E-state index in [1.807, 2.05) is 0 Å². The summed E-state index contributed by atoms with van der Waals surface area (Å²) in [4.78, 5) is -0.0619. The molecule has 1 aromatic carbocycles. The highest BCUT2D eigenvalue weighted by atomic mass is 32.2. The van der Waals surface area contributed by atoms with Crippen LogP contribution in [0, 0.1) is 5.82 Å². The normalized spacial score (nSPS) is 18.8. The van der Waals surface area contributed by atoms with Crippen molar-refractivity contribution in [2.75, 3.05) is 0 Å². The zero-order chi connectivity index (χ0) is 14.2. The monoisotopic (exact) mass is 295 g/mol.